The van der Waals surface area contributed by atoms with Crippen molar-refractivity contribution in [3.05, 3.63) is 472 Å². The van der Waals surface area contributed by atoms with Crippen LogP contribution in [-0.4, -0.2) is 18.0 Å². The molecule has 5 heterocycles. The number of hydrogen-bond donors (Lipinski definition) is 0. The summed E-state index contributed by atoms with van der Waals surface area (Å²) in [5.74, 6) is 1.39. The zero-order chi connectivity index (χ0) is 91.2. The van der Waals surface area contributed by atoms with Gasteiger partial charge in [0.15, 0.2) is 0 Å². The highest BCUT2D eigenvalue weighted by molar-refractivity contribution is 7.02. The van der Waals surface area contributed by atoms with Gasteiger partial charge in [0, 0.05) is 90.0 Å². The molecule has 0 N–H and O–H groups in total. The van der Waals surface area contributed by atoms with E-state index in [-0.39, 0.29) is 0 Å². The minimum atomic E-state index is -0.608. The molecule has 0 bridgehead atoms. The molecule has 5 nitrogen and oxygen atoms in total. The van der Waals surface area contributed by atoms with Crippen LogP contribution in [0.5, 0.6) is 11.5 Å². The van der Waals surface area contributed by atoms with Gasteiger partial charge < -0.3 is 24.0 Å². The van der Waals surface area contributed by atoms with Gasteiger partial charge in [0.05, 0.1) is 29.5 Å². The van der Waals surface area contributed by atoms with Gasteiger partial charge in [-0.1, -0.05) is 406 Å². The predicted octanol–water partition coefficient (Wildman–Crippen LogP) is 30.5. The van der Waals surface area contributed by atoms with Gasteiger partial charge in [-0.15, -0.1) is 0 Å². The Bertz CT molecular complexity index is 8080. The standard InChI is InChI=1S/C128H94B2N4O/c1-127(2,3)97-76-117-122-118(77-97)134(126-106(91-57-33-15-34-58-91)73-96(86-47-23-10-24-48-86)74-107(126)92-59-35-16-36-60-92)116-82-120-111(81-110(116)129(122)109-68-66-99(131-112-63-39-37-61-100(112)101-62-38-40-64-113(101)131)80-115(109)133(117)125-104(89-53-29-13-30-54-89)71-95(85-45-21-9-22-46-85)72-105(125)90-55-31-14-32-56-90)130-108-67-65-93(83-41-17-7-18-42-83)75-114(108)132(119-78-98(128(4,5)6)79-121(135-120)123(119)130)124-102(87-49-25-11-26-50-87)69-94(84-43-19-8-20-44-84)70-103(124)88-51-27-12-28-52-88/h7-82H,1-6H3/i81D. The maximum absolute atomic E-state index is 12.7. The second kappa shape index (κ2) is 32.2. The summed E-state index contributed by atoms with van der Waals surface area (Å²) < 4.78 is 23.5. The van der Waals surface area contributed by atoms with Crippen LogP contribution < -0.4 is 52.2 Å². The monoisotopic (exact) mass is 1730 g/mol. The summed E-state index contributed by atoms with van der Waals surface area (Å²) in [6.45, 7) is 12.9. The van der Waals surface area contributed by atoms with Crippen LogP contribution >= 0.6 is 0 Å². The minimum Gasteiger partial charge on any atom is -0.458 e. The number of nitrogens with zero attached hydrogens (tertiary/aromatic N) is 4. The first kappa shape index (κ1) is 79.5. The van der Waals surface area contributed by atoms with Crippen LogP contribution in [0, 0.1) is 0 Å². The van der Waals surface area contributed by atoms with Gasteiger partial charge >= 0.3 is 0 Å². The topological polar surface area (TPSA) is 23.9 Å². The summed E-state index contributed by atoms with van der Waals surface area (Å²) in [5, 5.41) is 2.36. The molecule has 0 unspecified atom stereocenters. The molecule has 0 spiro atoms. The molecule has 25 rings (SSSR count). The van der Waals surface area contributed by atoms with E-state index >= 15 is 0 Å². The lowest BCUT2D eigenvalue weighted by atomic mass is 9.30. The maximum atomic E-state index is 12.7. The molecule has 4 aliphatic heterocycles. The first-order chi connectivity index (χ1) is 66.7. The fourth-order valence-electron chi connectivity index (χ4n) is 21.9. The van der Waals surface area contributed by atoms with E-state index in [4.69, 9.17) is 4.74 Å². The highest BCUT2D eigenvalue weighted by atomic mass is 16.5. The lowest BCUT2D eigenvalue weighted by Crippen LogP contribution is -2.64. The number of para-hydroxylation sites is 2. The normalized spacial score (nSPS) is 12.9. The lowest BCUT2D eigenvalue weighted by molar-refractivity contribution is 0.483. The minimum absolute atomic E-state index is 0.394. The lowest BCUT2D eigenvalue weighted by Gasteiger charge is -2.47. The van der Waals surface area contributed by atoms with Crippen molar-refractivity contribution in [3.63, 3.8) is 0 Å². The number of anilines is 9. The van der Waals surface area contributed by atoms with Crippen LogP contribution in [0.25, 0.3) is 139 Å². The van der Waals surface area contributed by atoms with Gasteiger partial charge in [-0.05, 0) is 224 Å². The average molecular weight is 1730 g/mol. The highest BCUT2D eigenvalue weighted by Crippen LogP contribution is 2.58. The molecule has 0 saturated heterocycles. The van der Waals surface area contributed by atoms with Crippen molar-refractivity contribution < 1.29 is 6.11 Å². The number of ether oxygens (including phenoxy) is 1. The van der Waals surface area contributed by atoms with Crippen molar-refractivity contribution in [1.82, 2.24) is 4.57 Å². The Morgan fingerprint density at radius 3 is 0.867 bits per heavy atom. The largest absolute Gasteiger partial charge is 0.458 e. The van der Waals surface area contributed by atoms with Gasteiger partial charge in [0.25, 0.3) is 13.4 Å². The van der Waals surface area contributed by atoms with Crippen LogP contribution in [0.15, 0.2) is 461 Å². The Hall–Kier alpha value is -16.5. The van der Waals surface area contributed by atoms with E-state index in [1.54, 1.807) is 0 Å². The second-order valence-electron chi connectivity index (χ2n) is 38.5. The summed E-state index contributed by atoms with van der Waals surface area (Å²) in [7, 11) is 0. The van der Waals surface area contributed by atoms with E-state index in [0.29, 0.717) is 11.8 Å². The number of hydrogen-bond acceptors (Lipinski definition) is 4. The fourth-order valence-corrected chi connectivity index (χ4v) is 21.9. The molecule has 638 valence electrons. The van der Waals surface area contributed by atoms with Crippen LogP contribution in [0.1, 0.15) is 54.0 Å². The van der Waals surface area contributed by atoms with E-state index in [9.17, 15) is 1.37 Å². The Balaban J connectivity index is 0.851. The van der Waals surface area contributed by atoms with Gasteiger partial charge in [-0.3, -0.25) is 0 Å². The van der Waals surface area contributed by atoms with E-state index in [1.165, 1.54) is 10.8 Å². The Morgan fingerprint density at radius 2 is 0.511 bits per heavy atom. The molecule has 20 aromatic carbocycles. The molecule has 135 heavy (non-hydrogen) atoms. The van der Waals surface area contributed by atoms with Crippen LogP contribution in [-0.2, 0) is 10.8 Å². The van der Waals surface area contributed by atoms with Gasteiger partial charge in [0.2, 0.25) is 0 Å². The fraction of sp³-hybridized carbons (Fsp3) is 0.0625. The van der Waals surface area contributed by atoms with Crippen molar-refractivity contribution in [2.24, 2.45) is 0 Å². The predicted molar refractivity (Wildman–Crippen MR) is 572 cm³/mol. The molecule has 21 aromatic rings. The van der Waals surface area contributed by atoms with Gasteiger partial charge in [-0.25, -0.2) is 0 Å². The molecule has 0 atom stereocenters. The summed E-state index contributed by atoms with van der Waals surface area (Å²) in [4.78, 5) is 7.91. The molecule has 0 aliphatic carbocycles. The van der Waals surface area contributed by atoms with Crippen LogP contribution in [0.4, 0.5) is 51.2 Å². The summed E-state index contributed by atoms with van der Waals surface area (Å²) in [6, 6.07) is 169. The third-order valence-corrected chi connectivity index (χ3v) is 28.3. The zero-order valence-electron chi connectivity index (χ0n) is 77.2. The first-order valence-corrected chi connectivity index (χ1v) is 47.2. The number of benzene rings is 20. The third-order valence-electron chi connectivity index (χ3n) is 28.3. The molecule has 7 heteroatoms. The van der Waals surface area contributed by atoms with Crippen molar-refractivity contribution in [3.8, 4) is 128 Å². The molecule has 0 radical (unpaired) electrons. The van der Waals surface area contributed by atoms with Gasteiger partial charge in [0.1, 0.15) is 11.5 Å². The quantitative estimate of drug-likeness (QED) is 0.101. The third kappa shape index (κ3) is 13.6. The molecule has 0 saturated carbocycles. The zero-order valence-corrected chi connectivity index (χ0v) is 76.2. The van der Waals surface area contributed by atoms with Crippen molar-refractivity contribution in [2.45, 2.75) is 52.4 Å². The number of rotatable bonds is 14. The Kier molecular flexibility index (Phi) is 19.0. The maximum Gasteiger partial charge on any atom is 0.256 e. The summed E-state index contributed by atoms with van der Waals surface area (Å²) in [5.41, 5.74) is 41.1. The summed E-state index contributed by atoms with van der Waals surface area (Å²) >= 11 is 0. The molecular weight excluding hydrogens is 1630 g/mol. The van der Waals surface area contributed by atoms with Crippen molar-refractivity contribution in [1.29, 1.82) is 0 Å². The number of aromatic nitrogens is 1. The molecule has 0 amide bonds. The van der Waals surface area contributed by atoms with Crippen molar-refractivity contribution in [2.75, 3.05) is 14.7 Å². The van der Waals surface area contributed by atoms with Gasteiger partial charge in [-0.2, -0.15) is 0 Å². The van der Waals surface area contributed by atoms with E-state index in [1.807, 2.05) is 0 Å². The molecule has 1 aromatic heterocycles. The average Bonchev–Trinajstić information content (AvgIpc) is 0.691. The Labute approximate surface area is 792 Å². The van der Waals surface area contributed by atoms with E-state index < -0.39 is 24.3 Å². The van der Waals surface area contributed by atoms with E-state index in [0.717, 1.165) is 229 Å². The molecule has 0 fully saturated rings. The summed E-state index contributed by atoms with van der Waals surface area (Å²) in [6.07, 6.45) is 0. The Morgan fingerprint density at radius 1 is 0.222 bits per heavy atom. The van der Waals surface area contributed by atoms with Crippen LogP contribution in [0.2, 0.25) is 0 Å². The second-order valence-corrected chi connectivity index (χ2v) is 38.5. The van der Waals surface area contributed by atoms with E-state index in [2.05, 4.69) is 516 Å². The SMILES string of the molecule is [2H]c1c2c(cc3c1B1c4ccc(-n5c6ccccc6c6ccccc65)cc4N(c4c(-c5ccccc5)cc(-c5ccccc5)cc4-c4ccccc4)c4cc(C(C)(C)C)cc(c41)N3c1c(-c3ccccc3)cc(-c3ccccc3)cc1-c1ccccc1)Oc1cc(C(C)(C)C)cc3c1B2c1ccc(-c2ccccc2)cc1N3c1c(-c2ccccc2)cc(-c2ccccc2)cc1-c1ccccc1. The smallest absolute Gasteiger partial charge is 0.256 e. The van der Waals surface area contributed by atoms with Crippen molar-refractivity contribution >= 4 is 119 Å². The highest BCUT2D eigenvalue weighted by Gasteiger charge is 2.51. The molecule has 4 aliphatic rings. The number of fused-ring (bicyclic) bond motifs is 11. The molecular formula is C128H94B2N4O. The first-order valence-electron chi connectivity index (χ1n) is 47.7. The van der Waals surface area contributed by atoms with Crippen LogP contribution in [0.3, 0.4) is 0 Å².